The molecule has 0 aliphatic carbocycles. The lowest BCUT2D eigenvalue weighted by molar-refractivity contribution is 0.393. The third-order valence-electron chi connectivity index (χ3n) is 5.61. The van der Waals surface area contributed by atoms with Crippen LogP contribution in [0.1, 0.15) is 24.1 Å². The zero-order valence-electron chi connectivity index (χ0n) is 18.0. The maximum Gasteiger partial charge on any atom is 0.185 e. The van der Waals surface area contributed by atoms with Gasteiger partial charge >= 0.3 is 0 Å². The molecule has 4 rings (SSSR count). The first-order valence-electron chi connectivity index (χ1n) is 10.3. The predicted molar refractivity (Wildman–Crippen MR) is 123 cm³/mol. The van der Waals surface area contributed by atoms with E-state index in [1.807, 2.05) is 23.6 Å². The normalized spacial score (nSPS) is 15.0. The van der Waals surface area contributed by atoms with Crippen LogP contribution in [0, 0.1) is 5.82 Å². The molecule has 9 heteroatoms. The van der Waals surface area contributed by atoms with Gasteiger partial charge in [0.25, 0.3) is 0 Å². The van der Waals surface area contributed by atoms with Crippen molar-refractivity contribution in [3.8, 4) is 11.5 Å². The molecule has 0 amide bonds. The number of nitrogens with zero attached hydrogens (tertiary/aromatic N) is 2. The number of methoxy groups -OCH3 is 2. The fourth-order valence-electron chi connectivity index (χ4n) is 3.89. The van der Waals surface area contributed by atoms with Gasteiger partial charge in [-0.05, 0) is 48.7 Å². The molecule has 0 radical (unpaired) electrons. The number of benzene rings is 2. The first-order chi connectivity index (χ1) is 15.4. The van der Waals surface area contributed by atoms with Gasteiger partial charge in [0, 0.05) is 31.0 Å². The molecule has 1 aliphatic rings. The first kappa shape index (κ1) is 22.5. The Morgan fingerprint density at radius 1 is 1.09 bits per heavy atom. The molecule has 0 bridgehead atoms. The molecule has 2 heterocycles. The van der Waals surface area contributed by atoms with Crippen molar-refractivity contribution in [2.45, 2.75) is 29.4 Å². The summed E-state index contributed by atoms with van der Waals surface area (Å²) in [4.78, 5) is 6.94. The number of rotatable bonds is 7. The smallest absolute Gasteiger partial charge is 0.185 e. The van der Waals surface area contributed by atoms with Crippen LogP contribution in [0.3, 0.4) is 0 Å². The number of halogens is 1. The van der Waals surface area contributed by atoms with Gasteiger partial charge in [-0.15, -0.1) is 11.3 Å². The van der Waals surface area contributed by atoms with Crippen molar-refractivity contribution in [2.24, 2.45) is 0 Å². The summed E-state index contributed by atoms with van der Waals surface area (Å²) in [5.41, 5.74) is 1.98. The number of thiazole rings is 1. The van der Waals surface area contributed by atoms with Gasteiger partial charge in [0.15, 0.2) is 15.0 Å². The Morgan fingerprint density at radius 3 is 2.41 bits per heavy atom. The Balaban J connectivity index is 1.41. The Kier molecular flexibility index (Phi) is 6.66. The molecule has 3 aromatic rings. The molecule has 0 saturated carbocycles. The van der Waals surface area contributed by atoms with Crippen LogP contribution in [-0.4, -0.2) is 46.0 Å². The molecule has 32 heavy (non-hydrogen) atoms. The lowest BCUT2D eigenvalue weighted by Crippen LogP contribution is -2.39. The molecule has 0 N–H and O–H groups in total. The van der Waals surface area contributed by atoms with Crippen molar-refractivity contribution in [3.63, 3.8) is 0 Å². The monoisotopic (exact) mass is 476 g/mol. The van der Waals surface area contributed by atoms with Crippen LogP contribution >= 0.6 is 11.3 Å². The highest BCUT2D eigenvalue weighted by Crippen LogP contribution is 2.30. The maximum atomic E-state index is 13.5. The SMILES string of the molecule is COc1cc(Cc2csc(N3CCC(S(=O)(=O)c4cccc(F)c4)CC3)n2)cc(OC)c1. The van der Waals surface area contributed by atoms with E-state index in [0.717, 1.165) is 34.0 Å². The first-order valence-corrected chi connectivity index (χ1v) is 12.7. The largest absolute Gasteiger partial charge is 0.497 e. The van der Waals surface area contributed by atoms with E-state index in [-0.39, 0.29) is 4.90 Å². The molecule has 0 spiro atoms. The predicted octanol–water partition coefficient (Wildman–Crippen LogP) is 4.33. The summed E-state index contributed by atoms with van der Waals surface area (Å²) in [6.45, 7) is 1.19. The minimum absolute atomic E-state index is 0.0567. The second kappa shape index (κ2) is 9.46. The zero-order valence-corrected chi connectivity index (χ0v) is 19.6. The van der Waals surface area contributed by atoms with Crippen LogP contribution < -0.4 is 14.4 Å². The standard InChI is InChI=1S/C23H25FN2O4S2/c1-29-19-11-16(12-20(14-19)30-2)10-18-15-31-23(25-18)26-8-6-21(7-9-26)32(27,28)22-5-3-4-17(24)13-22/h3-5,11-15,21H,6-10H2,1-2H3. The molecule has 1 fully saturated rings. The summed E-state index contributed by atoms with van der Waals surface area (Å²) >= 11 is 1.56. The van der Waals surface area contributed by atoms with Gasteiger partial charge in [-0.25, -0.2) is 17.8 Å². The van der Waals surface area contributed by atoms with E-state index in [1.165, 1.54) is 18.2 Å². The quantitative estimate of drug-likeness (QED) is 0.506. The molecule has 170 valence electrons. The molecule has 2 aromatic carbocycles. The van der Waals surface area contributed by atoms with Gasteiger partial charge in [0.05, 0.1) is 30.1 Å². The van der Waals surface area contributed by atoms with Crippen molar-refractivity contribution >= 4 is 26.3 Å². The van der Waals surface area contributed by atoms with Crippen LogP contribution in [0.25, 0.3) is 0 Å². The Hall–Kier alpha value is -2.65. The number of piperidine rings is 1. The number of aromatic nitrogens is 1. The zero-order chi connectivity index (χ0) is 22.7. The molecular formula is C23H25FN2O4S2. The van der Waals surface area contributed by atoms with Gasteiger partial charge in [0.2, 0.25) is 0 Å². The van der Waals surface area contributed by atoms with E-state index < -0.39 is 20.9 Å². The minimum Gasteiger partial charge on any atom is -0.497 e. The summed E-state index contributed by atoms with van der Waals surface area (Å²) in [5.74, 6) is 0.931. The third kappa shape index (κ3) is 4.88. The summed E-state index contributed by atoms with van der Waals surface area (Å²) < 4.78 is 49.9. The lowest BCUT2D eigenvalue weighted by Gasteiger charge is -2.31. The molecule has 1 aliphatic heterocycles. The van der Waals surface area contributed by atoms with Crippen LogP contribution in [0.4, 0.5) is 9.52 Å². The van der Waals surface area contributed by atoms with E-state index in [2.05, 4.69) is 4.90 Å². The highest BCUT2D eigenvalue weighted by Gasteiger charge is 2.32. The molecule has 0 atom stereocenters. The van der Waals surface area contributed by atoms with Crippen LogP contribution in [0.2, 0.25) is 0 Å². The van der Waals surface area contributed by atoms with Crippen molar-refractivity contribution in [1.29, 1.82) is 0 Å². The number of ether oxygens (including phenoxy) is 2. The molecule has 0 unspecified atom stereocenters. The van der Waals surface area contributed by atoms with Gasteiger partial charge in [-0.2, -0.15) is 0 Å². The third-order valence-corrected chi connectivity index (χ3v) is 8.82. The summed E-state index contributed by atoms with van der Waals surface area (Å²) in [7, 11) is -0.301. The Bertz CT molecular complexity index is 1170. The van der Waals surface area contributed by atoms with Gasteiger partial charge in [-0.3, -0.25) is 0 Å². The Labute approximate surface area is 191 Å². The van der Waals surface area contributed by atoms with Gasteiger partial charge in [0.1, 0.15) is 17.3 Å². The summed E-state index contributed by atoms with van der Waals surface area (Å²) in [5, 5.41) is 2.40. The van der Waals surface area contributed by atoms with E-state index in [9.17, 15) is 12.8 Å². The molecular weight excluding hydrogens is 451 g/mol. The van der Waals surface area contributed by atoms with E-state index >= 15 is 0 Å². The highest BCUT2D eigenvalue weighted by atomic mass is 32.2. The van der Waals surface area contributed by atoms with Crippen molar-refractivity contribution in [1.82, 2.24) is 4.98 Å². The lowest BCUT2D eigenvalue weighted by atomic mass is 10.1. The number of hydrogen-bond donors (Lipinski definition) is 0. The highest BCUT2D eigenvalue weighted by molar-refractivity contribution is 7.92. The molecule has 6 nitrogen and oxygen atoms in total. The minimum atomic E-state index is -3.55. The van der Waals surface area contributed by atoms with Crippen LogP contribution in [0.5, 0.6) is 11.5 Å². The number of anilines is 1. The van der Waals surface area contributed by atoms with Crippen molar-refractivity contribution in [2.75, 3.05) is 32.2 Å². The van der Waals surface area contributed by atoms with Crippen molar-refractivity contribution < 1.29 is 22.3 Å². The maximum absolute atomic E-state index is 13.5. The summed E-state index contributed by atoms with van der Waals surface area (Å²) in [6, 6.07) is 11.0. The van der Waals surface area contributed by atoms with Crippen LogP contribution in [0.15, 0.2) is 52.7 Å². The number of sulfone groups is 1. The number of hydrogen-bond acceptors (Lipinski definition) is 7. The van der Waals surface area contributed by atoms with Crippen LogP contribution in [-0.2, 0) is 16.3 Å². The average Bonchev–Trinajstić information content (AvgIpc) is 3.27. The summed E-state index contributed by atoms with van der Waals surface area (Å²) in [6.07, 6.45) is 1.62. The van der Waals surface area contributed by atoms with Gasteiger partial charge in [-0.1, -0.05) is 6.07 Å². The van der Waals surface area contributed by atoms with E-state index in [4.69, 9.17) is 14.5 Å². The van der Waals surface area contributed by atoms with Gasteiger partial charge < -0.3 is 14.4 Å². The second-order valence-electron chi connectivity index (χ2n) is 7.71. The van der Waals surface area contributed by atoms with Crippen molar-refractivity contribution in [3.05, 3.63) is 64.9 Å². The Morgan fingerprint density at radius 2 is 1.78 bits per heavy atom. The van der Waals surface area contributed by atoms with E-state index in [1.54, 1.807) is 25.6 Å². The second-order valence-corrected chi connectivity index (χ2v) is 10.8. The topological polar surface area (TPSA) is 68.7 Å². The molecule has 1 aromatic heterocycles. The average molecular weight is 477 g/mol. The van der Waals surface area contributed by atoms with E-state index in [0.29, 0.717) is 32.4 Å². The molecule has 1 saturated heterocycles. The fraction of sp³-hybridized carbons (Fsp3) is 0.348. The fourth-order valence-corrected chi connectivity index (χ4v) is 6.53.